The molecule has 136 valence electrons. The van der Waals surface area contributed by atoms with E-state index >= 15 is 0 Å². The van der Waals surface area contributed by atoms with Crippen LogP contribution < -0.4 is 10.2 Å². The number of anilines is 1. The number of carbonyl (C=O) groups is 1. The molecule has 0 aliphatic carbocycles. The van der Waals surface area contributed by atoms with Gasteiger partial charge in [-0.05, 0) is 31.0 Å². The summed E-state index contributed by atoms with van der Waals surface area (Å²) in [4.78, 5) is 35.8. The van der Waals surface area contributed by atoms with Crippen molar-refractivity contribution in [2.24, 2.45) is 0 Å². The molecule has 4 heterocycles. The Hall–Kier alpha value is -3.42. The van der Waals surface area contributed by atoms with Crippen LogP contribution in [0, 0.1) is 0 Å². The van der Waals surface area contributed by atoms with Gasteiger partial charge >= 0.3 is 0 Å². The highest BCUT2D eigenvalue weighted by Gasteiger charge is 2.23. The third-order valence-corrected chi connectivity index (χ3v) is 4.44. The third kappa shape index (κ3) is 4.05. The summed E-state index contributed by atoms with van der Waals surface area (Å²) in [6, 6.07) is 5.49. The highest BCUT2D eigenvalue weighted by Crippen LogP contribution is 2.16. The lowest BCUT2D eigenvalue weighted by Crippen LogP contribution is -2.48. The summed E-state index contributed by atoms with van der Waals surface area (Å²) in [6.45, 7) is 1.58. The number of rotatable bonds is 4. The van der Waals surface area contributed by atoms with Crippen molar-refractivity contribution in [3.05, 3.63) is 60.9 Å². The number of aromatic nitrogens is 5. The normalized spacial score (nSPS) is 16.7. The van der Waals surface area contributed by atoms with Crippen LogP contribution >= 0.6 is 0 Å². The highest BCUT2D eigenvalue weighted by molar-refractivity contribution is 5.94. The molecule has 1 fully saturated rings. The predicted octanol–water partition coefficient (Wildman–Crippen LogP) is 1.73. The largest absolute Gasteiger partial charge is 0.347 e. The number of nitrogens with zero attached hydrogens (tertiary/aromatic N) is 6. The number of hydrogen-bond donors (Lipinski definition) is 1. The Morgan fingerprint density at radius 1 is 1.04 bits per heavy atom. The minimum absolute atomic E-state index is 0.0370. The van der Waals surface area contributed by atoms with Crippen LogP contribution in [0.3, 0.4) is 0 Å². The van der Waals surface area contributed by atoms with Gasteiger partial charge in [-0.2, -0.15) is 0 Å². The monoisotopic (exact) mass is 361 g/mol. The summed E-state index contributed by atoms with van der Waals surface area (Å²) in [5.41, 5.74) is 1.31. The molecular weight excluding hydrogens is 342 g/mol. The molecule has 0 saturated carbocycles. The quantitative estimate of drug-likeness (QED) is 0.756. The Bertz CT molecular complexity index is 887. The zero-order valence-corrected chi connectivity index (χ0v) is 14.7. The summed E-state index contributed by atoms with van der Waals surface area (Å²) >= 11 is 0. The Morgan fingerprint density at radius 2 is 1.78 bits per heavy atom. The van der Waals surface area contributed by atoms with Crippen molar-refractivity contribution >= 4 is 11.9 Å². The topological polar surface area (TPSA) is 96.8 Å². The molecule has 0 radical (unpaired) electrons. The average molecular weight is 361 g/mol. The van der Waals surface area contributed by atoms with E-state index in [1.165, 1.54) is 0 Å². The van der Waals surface area contributed by atoms with E-state index in [0.29, 0.717) is 23.9 Å². The van der Waals surface area contributed by atoms with Crippen molar-refractivity contribution in [3.8, 4) is 11.4 Å². The van der Waals surface area contributed by atoms with Gasteiger partial charge in [0.15, 0.2) is 5.82 Å². The van der Waals surface area contributed by atoms with Crippen molar-refractivity contribution < 1.29 is 4.79 Å². The van der Waals surface area contributed by atoms with E-state index in [2.05, 4.69) is 35.1 Å². The van der Waals surface area contributed by atoms with Crippen LogP contribution in [-0.2, 0) is 0 Å². The van der Waals surface area contributed by atoms with Crippen molar-refractivity contribution in [2.75, 3.05) is 18.0 Å². The molecule has 3 aromatic rings. The maximum Gasteiger partial charge on any atom is 0.254 e. The molecule has 0 aromatic carbocycles. The smallest absolute Gasteiger partial charge is 0.254 e. The maximum absolute atomic E-state index is 12.6. The molecule has 8 nitrogen and oxygen atoms in total. The van der Waals surface area contributed by atoms with Gasteiger partial charge in [0.05, 0.1) is 5.56 Å². The molecule has 0 spiro atoms. The third-order valence-electron chi connectivity index (χ3n) is 4.44. The van der Waals surface area contributed by atoms with Crippen LogP contribution in [-0.4, -0.2) is 50.0 Å². The maximum atomic E-state index is 12.6. The Morgan fingerprint density at radius 3 is 2.52 bits per heavy atom. The lowest BCUT2D eigenvalue weighted by Gasteiger charge is -2.33. The van der Waals surface area contributed by atoms with Crippen molar-refractivity contribution in [3.63, 3.8) is 0 Å². The standard InChI is InChI=1S/C19H19N7O/c27-18(15-11-23-17(24-12-15)14-4-8-20-9-5-14)25-16-3-1-10-26(13-16)19-21-6-2-7-22-19/h2,4-9,11-12,16H,1,3,10,13H2,(H,25,27). The van der Waals surface area contributed by atoms with E-state index in [-0.39, 0.29) is 11.9 Å². The molecule has 1 amide bonds. The molecule has 3 aromatic heterocycles. The second-order valence-electron chi connectivity index (χ2n) is 6.34. The fourth-order valence-corrected chi connectivity index (χ4v) is 3.10. The molecule has 1 N–H and O–H groups in total. The molecule has 4 rings (SSSR count). The van der Waals surface area contributed by atoms with E-state index in [0.717, 1.165) is 24.9 Å². The summed E-state index contributed by atoms with van der Waals surface area (Å²) in [7, 11) is 0. The fourth-order valence-electron chi connectivity index (χ4n) is 3.10. The molecule has 1 atom stereocenters. The van der Waals surface area contributed by atoms with Gasteiger partial charge in [0.2, 0.25) is 5.95 Å². The van der Waals surface area contributed by atoms with E-state index in [4.69, 9.17) is 0 Å². The van der Waals surface area contributed by atoms with Gasteiger partial charge in [-0.3, -0.25) is 9.78 Å². The van der Waals surface area contributed by atoms with Crippen molar-refractivity contribution in [1.82, 2.24) is 30.2 Å². The number of amides is 1. The van der Waals surface area contributed by atoms with Crippen LogP contribution in [0.15, 0.2) is 55.4 Å². The van der Waals surface area contributed by atoms with Crippen LogP contribution in [0.25, 0.3) is 11.4 Å². The zero-order valence-electron chi connectivity index (χ0n) is 14.7. The SMILES string of the molecule is O=C(NC1CCCN(c2ncccn2)C1)c1cnc(-c2ccncc2)nc1. The summed E-state index contributed by atoms with van der Waals surface area (Å²) < 4.78 is 0. The zero-order chi connectivity index (χ0) is 18.5. The van der Waals surface area contributed by atoms with Gasteiger partial charge in [0, 0.05) is 61.9 Å². The number of nitrogens with one attached hydrogen (secondary N) is 1. The van der Waals surface area contributed by atoms with Crippen molar-refractivity contribution in [2.45, 2.75) is 18.9 Å². The molecule has 0 bridgehead atoms. The Labute approximate surface area is 156 Å². The average Bonchev–Trinajstić information content (AvgIpc) is 2.75. The molecule has 8 heteroatoms. The van der Waals surface area contributed by atoms with E-state index in [1.807, 2.05) is 12.1 Å². The molecule has 1 aliphatic heterocycles. The first kappa shape index (κ1) is 17.0. The lowest BCUT2D eigenvalue weighted by molar-refractivity contribution is 0.0932. The number of hydrogen-bond acceptors (Lipinski definition) is 7. The lowest BCUT2D eigenvalue weighted by atomic mass is 10.1. The Kier molecular flexibility index (Phi) is 4.95. The van der Waals surface area contributed by atoms with Gasteiger partial charge in [0.25, 0.3) is 5.91 Å². The number of pyridine rings is 1. The molecule has 1 unspecified atom stereocenters. The predicted molar refractivity (Wildman–Crippen MR) is 100.0 cm³/mol. The second kappa shape index (κ2) is 7.86. The second-order valence-corrected chi connectivity index (χ2v) is 6.34. The van der Waals surface area contributed by atoms with Crippen LogP contribution in [0.1, 0.15) is 23.2 Å². The first-order chi connectivity index (χ1) is 13.3. The van der Waals surface area contributed by atoms with Crippen LogP contribution in [0.4, 0.5) is 5.95 Å². The molecule has 1 aliphatic rings. The van der Waals surface area contributed by atoms with E-state index < -0.39 is 0 Å². The van der Waals surface area contributed by atoms with E-state index in [9.17, 15) is 4.79 Å². The minimum atomic E-state index is -0.169. The van der Waals surface area contributed by atoms with Gasteiger partial charge < -0.3 is 10.2 Å². The van der Waals surface area contributed by atoms with Crippen LogP contribution in [0.2, 0.25) is 0 Å². The number of carbonyl (C=O) groups excluding carboxylic acids is 1. The first-order valence-corrected chi connectivity index (χ1v) is 8.85. The minimum Gasteiger partial charge on any atom is -0.347 e. The molecular formula is C19H19N7O. The fraction of sp³-hybridized carbons (Fsp3) is 0.263. The van der Waals surface area contributed by atoms with Gasteiger partial charge in [0.1, 0.15) is 0 Å². The summed E-state index contributed by atoms with van der Waals surface area (Å²) in [5.74, 6) is 1.10. The van der Waals surface area contributed by atoms with Gasteiger partial charge in [-0.15, -0.1) is 0 Å². The van der Waals surface area contributed by atoms with Gasteiger partial charge in [-0.25, -0.2) is 19.9 Å². The van der Waals surface area contributed by atoms with E-state index in [1.54, 1.807) is 43.2 Å². The first-order valence-electron chi connectivity index (χ1n) is 8.85. The summed E-state index contributed by atoms with van der Waals surface area (Å²) in [5, 5.41) is 3.07. The highest BCUT2D eigenvalue weighted by atomic mass is 16.1. The van der Waals surface area contributed by atoms with Crippen molar-refractivity contribution in [1.29, 1.82) is 0 Å². The molecule has 1 saturated heterocycles. The Balaban J connectivity index is 1.40. The summed E-state index contributed by atoms with van der Waals surface area (Å²) in [6.07, 6.45) is 11.8. The molecule has 27 heavy (non-hydrogen) atoms. The van der Waals surface area contributed by atoms with Crippen LogP contribution in [0.5, 0.6) is 0 Å². The van der Waals surface area contributed by atoms with Gasteiger partial charge in [-0.1, -0.05) is 0 Å². The number of piperidine rings is 1.